The summed E-state index contributed by atoms with van der Waals surface area (Å²) in [5.41, 5.74) is 2.88. The van der Waals surface area contributed by atoms with E-state index in [0.717, 1.165) is 55.0 Å². The van der Waals surface area contributed by atoms with Gasteiger partial charge in [0, 0.05) is 44.0 Å². The highest BCUT2D eigenvalue weighted by Crippen LogP contribution is 2.21. The van der Waals surface area contributed by atoms with Gasteiger partial charge in [-0.05, 0) is 13.8 Å². The fourth-order valence-corrected chi connectivity index (χ4v) is 3.13. The van der Waals surface area contributed by atoms with E-state index in [-0.39, 0.29) is 0 Å². The van der Waals surface area contributed by atoms with Crippen LogP contribution in [0, 0.1) is 13.8 Å². The van der Waals surface area contributed by atoms with Crippen LogP contribution in [0.25, 0.3) is 5.65 Å². The molecule has 3 aromatic heterocycles. The highest BCUT2D eigenvalue weighted by Gasteiger charge is 2.21. The van der Waals surface area contributed by atoms with Gasteiger partial charge in [-0.1, -0.05) is 0 Å². The Morgan fingerprint density at radius 3 is 2.28 bits per heavy atom. The minimum atomic E-state index is 0.672. The average Bonchev–Trinajstić information content (AvgIpc) is 3.01. The highest BCUT2D eigenvalue weighted by molar-refractivity contribution is 5.53. The van der Waals surface area contributed by atoms with E-state index in [1.165, 1.54) is 0 Å². The molecule has 0 amide bonds. The lowest BCUT2D eigenvalue weighted by Gasteiger charge is -2.36. The van der Waals surface area contributed by atoms with Crippen molar-refractivity contribution in [3.8, 4) is 5.75 Å². The summed E-state index contributed by atoms with van der Waals surface area (Å²) in [7, 11) is 1.62. The van der Waals surface area contributed by atoms with Crippen LogP contribution in [0.5, 0.6) is 5.75 Å². The first-order chi connectivity index (χ1) is 12.1. The van der Waals surface area contributed by atoms with Crippen LogP contribution in [-0.4, -0.2) is 57.9 Å². The Morgan fingerprint density at radius 2 is 1.60 bits per heavy atom. The molecule has 1 aliphatic rings. The molecule has 1 aliphatic heterocycles. The molecule has 0 spiro atoms. The summed E-state index contributed by atoms with van der Waals surface area (Å²) in [5, 5.41) is 4.59. The molecular weight excluding hydrogens is 318 g/mol. The van der Waals surface area contributed by atoms with Crippen molar-refractivity contribution >= 4 is 17.4 Å². The Bertz CT molecular complexity index is 882. The van der Waals surface area contributed by atoms with Gasteiger partial charge >= 0.3 is 0 Å². The van der Waals surface area contributed by atoms with Crippen LogP contribution in [0.3, 0.4) is 0 Å². The first-order valence-corrected chi connectivity index (χ1v) is 8.34. The molecule has 4 heterocycles. The molecule has 25 heavy (non-hydrogen) atoms. The number of aromatic nitrogens is 5. The van der Waals surface area contributed by atoms with Crippen LogP contribution in [0.15, 0.2) is 24.5 Å². The molecule has 8 heteroatoms. The summed E-state index contributed by atoms with van der Waals surface area (Å²) in [4.78, 5) is 17.9. The summed E-state index contributed by atoms with van der Waals surface area (Å²) in [6.07, 6.45) is 3.41. The zero-order chi connectivity index (χ0) is 17.4. The van der Waals surface area contributed by atoms with Gasteiger partial charge in [0.25, 0.3) is 0 Å². The van der Waals surface area contributed by atoms with E-state index < -0.39 is 0 Å². The maximum atomic E-state index is 5.12. The second-order valence-corrected chi connectivity index (χ2v) is 6.21. The zero-order valence-electron chi connectivity index (χ0n) is 14.7. The van der Waals surface area contributed by atoms with Gasteiger partial charge in [-0.15, -0.1) is 0 Å². The number of hydrogen-bond acceptors (Lipinski definition) is 7. The van der Waals surface area contributed by atoms with Gasteiger partial charge in [-0.2, -0.15) is 9.61 Å². The van der Waals surface area contributed by atoms with Crippen molar-refractivity contribution in [3.05, 3.63) is 35.9 Å². The van der Waals surface area contributed by atoms with E-state index in [2.05, 4.69) is 35.9 Å². The number of methoxy groups -OCH3 is 1. The summed E-state index contributed by atoms with van der Waals surface area (Å²) in [6, 6.07) is 4.11. The molecule has 0 N–H and O–H groups in total. The Labute approximate surface area is 146 Å². The second-order valence-electron chi connectivity index (χ2n) is 6.21. The van der Waals surface area contributed by atoms with Gasteiger partial charge in [0.05, 0.1) is 25.2 Å². The Balaban J connectivity index is 1.53. The Kier molecular flexibility index (Phi) is 3.87. The molecule has 0 bridgehead atoms. The maximum absolute atomic E-state index is 5.12. The number of nitrogens with zero attached hydrogens (tertiary/aromatic N) is 7. The molecule has 3 aromatic rings. The van der Waals surface area contributed by atoms with Gasteiger partial charge in [-0.3, -0.25) is 0 Å². The molecule has 0 atom stereocenters. The Morgan fingerprint density at radius 1 is 0.920 bits per heavy atom. The van der Waals surface area contributed by atoms with Crippen LogP contribution in [0.1, 0.15) is 11.4 Å². The molecule has 0 unspecified atom stereocenters. The first-order valence-electron chi connectivity index (χ1n) is 8.34. The molecule has 0 saturated carbocycles. The lowest BCUT2D eigenvalue weighted by molar-refractivity contribution is 0.410. The van der Waals surface area contributed by atoms with Crippen LogP contribution in [0.4, 0.5) is 11.8 Å². The third-order valence-electron chi connectivity index (χ3n) is 4.40. The third-order valence-corrected chi connectivity index (χ3v) is 4.40. The number of piperazine rings is 1. The molecule has 0 aliphatic carbocycles. The zero-order valence-corrected chi connectivity index (χ0v) is 14.7. The van der Waals surface area contributed by atoms with Crippen molar-refractivity contribution in [2.24, 2.45) is 0 Å². The van der Waals surface area contributed by atoms with E-state index in [1.807, 2.05) is 24.4 Å². The lowest BCUT2D eigenvalue weighted by Crippen LogP contribution is -2.47. The minimum Gasteiger partial charge on any atom is -0.494 e. The first kappa shape index (κ1) is 15.6. The molecular formula is C17H21N7O. The summed E-state index contributed by atoms with van der Waals surface area (Å²) in [5.74, 6) is 2.50. The quantitative estimate of drug-likeness (QED) is 0.715. The topological polar surface area (TPSA) is 71.7 Å². The summed E-state index contributed by atoms with van der Waals surface area (Å²) < 4.78 is 7.05. The lowest BCUT2D eigenvalue weighted by atomic mass is 10.3. The maximum Gasteiger partial charge on any atom is 0.225 e. The summed E-state index contributed by atoms with van der Waals surface area (Å²) in [6.45, 7) is 7.49. The van der Waals surface area contributed by atoms with Crippen LogP contribution < -0.4 is 14.5 Å². The van der Waals surface area contributed by atoms with E-state index in [9.17, 15) is 0 Å². The molecule has 1 fully saturated rings. The molecule has 130 valence electrons. The van der Waals surface area contributed by atoms with Crippen molar-refractivity contribution in [3.63, 3.8) is 0 Å². The van der Waals surface area contributed by atoms with E-state index in [1.54, 1.807) is 19.5 Å². The van der Waals surface area contributed by atoms with Crippen molar-refractivity contribution in [1.82, 2.24) is 24.6 Å². The SMILES string of the molecule is COc1cnc(N2CCN(c3cc(C)nc4cc(C)nn34)CC2)nc1. The van der Waals surface area contributed by atoms with Gasteiger partial charge in [0.2, 0.25) is 5.95 Å². The van der Waals surface area contributed by atoms with Crippen LogP contribution >= 0.6 is 0 Å². The van der Waals surface area contributed by atoms with Crippen molar-refractivity contribution in [2.75, 3.05) is 43.1 Å². The number of hydrogen-bond donors (Lipinski definition) is 0. The summed E-state index contributed by atoms with van der Waals surface area (Å²) >= 11 is 0. The van der Waals surface area contributed by atoms with E-state index in [0.29, 0.717) is 5.75 Å². The number of rotatable bonds is 3. The Hall–Kier alpha value is -2.90. The standard InChI is InChI=1S/C17H21N7O/c1-12-9-16(24-15(20-12)8-13(2)21-24)22-4-6-23(7-5-22)17-18-10-14(25-3)11-19-17/h8-11H,4-7H2,1-3H3. The van der Waals surface area contributed by atoms with E-state index in [4.69, 9.17) is 4.74 Å². The average molecular weight is 339 g/mol. The number of anilines is 2. The van der Waals surface area contributed by atoms with Crippen molar-refractivity contribution in [2.45, 2.75) is 13.8 Å². The van der Waals surface area contributed by atoms with Gasteiger partial charge in [-0.25, -0.2) is 15.0 Å². The van der Waals surface area contributed by atoms with Crippen LogP contribution in [0.2, 0.25) is 0 Å². The molecule has 8 nitrogen and oxygen atoms in total. The highest BCUT2D eigenvalue weighted by atomic mass is 16.5. The fraction of sp³-hybridized carbons (Fsp3) is 0.412. The van der Waals surface area contributed by atoms with Crippen molar-refractivity contribution in [1.29, 1.82) is 0 Å². The normalized spacial score (nSPS) is 15.0. The largest absolute Gasteiger partial charge is 0.494 e. The third kappa shape index (κ3) is 2.95. The smallest absolute Gasteiger partial charge is 0.225 e. The van der Waals surface area contributed by atoms with Gasteiger partial charge in [0.15, 0.2) is 11.4 Å². The predicted octanol–water partition coefficient (Wildman–Crippen LogP) is 1.47. The monoisotopic (exact) mass is 339 g/mol. The van der Waals surface area contributed by atoms with Gasteiger partial charge in [0.1, 0.15) is 5.82 Å². The van der Waals surface area contributed by atoms with Crippen LogP contribution in [-0.2, 0) is 0 Å². The second kappa shape index (κ2) is 6.19. The van der Waals surface area contributed by atoms with E-state index >= 15 is 0 Å². The number of aryl methyl sites for hydroxylation is 2. The molecule has 0 aromatic carbocycles. The molecule has 0 radical (unpaired) electrons. The minimum absolute atomic E-state index is 0.672. The molecule has 4 rings (SSSR count). The predicted molar refractivity (Wildman–Crippen MR) is 95.5 cm³/mol. The fourth-order valence-electron chi connectivity index (χ4n) is 3.13. The number of fused-ring (bicyclic) bond motifs is 1. The van der Waals surface area contributed by atoms with Crippen molar-refractivity contribution < 1.29 is 4.74 Å². The number of ether oxygens (including phenoxy) is 1. The van der Waals surface area contributed by atoms with Gasteiger partial charge < -0.3 is 14.5 Å². The molecule has 1 saturated heterocycles.